The first-order chi connectivity index (χ1) is 11.5. The van der Waals surface area contributed by atoms with Gasteiger partial charge in [0.2, 0.25) is 0 Å². The monoisotopic (exact) mass is 333 g/mol. The highest BCUT2D eigenvalue weighted by atomic mass is 16.5. The number of aliphatic hydroxyl groups is 1. The molecule has 24 heavy (non-hydrogen) atoms. The molecule has 0 saturated heterocycles. The molecule has 1 unspecified atom stereocenters. The van der Waals surface area contributed by atoms with E-state index in [2.05, 4.69) is 15.2 Å². The molecule has 0 aliphatic rings. The van der Waals surface area contributed by atoms with Crippen molar-refractivity contribution in [1.82, 2.24) is 9.88 Å². The van der Waals surface area contributed by atoms with Crippen LogP contribution in [-0.4, -0.2) is 42.1 Å². The highest BCUT2D eigenvalue weighted by Crippen LogP contribution is 2.20. The van der Waals surface area contributed by atoms with Crippen LogP contribution in [0.3, 0.4) is 0 Å². The molecule has 3 N–H and O–H groups in total. The van der Waals surface area contributed by atoms with Crippen LogP contribution in [0.5, 0.6) is 0 Å². The number of nitrogens with one attached hydrogen (secondary N) is 2. The van der Waals surface area contributed by atoms with Crippen molar-refractivity contribution in [2.24, 2.45) is 5.92 Å². The summed E-state index contributed by atoms with van der Waals surface area (Å²) in [6, 6.07) is 7.60. The molecule has 0 aliphatic carbocycles. The topological polar surface area (TPSA) is 75.5 Å². The van der Waals surface area contributed by atoms with Gasteiger partial charge in [0.25, 0.3) is 0 Å². The van der Waals surface area contributed by atoms with Crippen LogP contribution in [0.2, 0.25) is 0 Å². The fourth-order valence-electron chi connectivity index (χ4n) is 2.49. The molecule has 0 saturated carbocycles. The van der Waals surface area contributed by atoms with Crippen LogP contribution in [0, 0.1) is 5.92 Å². The Labute approximate surface area is 142 Å². The number of ether oxygens (including phenoxy) is 1. The first-order valence-electron chi connectivity index (χ1n) is 8.32. The van der Waals surface area contributed by atoms with Gasteiger partial charge in [-0.3, -0.25) is 0 Å². The zero-order chi connectivity index (χ0) is 17.5. The largest absolute Gasteiger partial charge is 0.393 e. The van der Waals surface area contributed by atoms with E-state index in [1.165, 1.54) is 0 Å². The number of hydrogen-bond donors (Lipinski definition) is 3. The van der Waals surface area contributed by atoms with Crippen LogP contribution in [0.4, 0.5) is 10.5 Å². The predicted octanol–water partition coefficient (Wildman–Crippen LogP) is 2.82. The van der Waals surface area contributed by atoms with Crippen molar-refractivity contribution >= 4 is 22.6 Å². The standard InChI is InChI=1S/C18H27N3O3/c1-13(2)17(22)6-8-19-18(23)20-15-5-4-14-7-9-21(10-11-24-3)16(14)12-15/h4-5,7,9,12-13,17,22H,6,8,10-11H2,1-3H3,(H2,19,20,23). The van der Waals surface area contributed by atoms with Crippen LogP contribution in [-0.2, 0) is 11.3 Å². The number of rotatable bonds is 8. The van der Waals surface area contributed by atoms with Crippen molar-refractivity contribution in [3.63, 3.8) is 0 Å². The lowest BCUT2D eigenvalue weighted by Crippen LogP contribution is -2.32. The van der Waals surface area contributed by atoms with E-state index in [0.29, 0.717) is 19.6 Å². The number of fused-ring (bicyclic) bond motifs is 1. The van der Waals surface area contributed by atoms with E-state index in [-0.39, 0.29) is 11.9 Å². The normalized spacial score (nSPS) is 12.5. The zero-order valence-corrected chi connectivity index (χ0v) is 14.6. The van der Waals surface area contributed by atoms with E-state index in [1.807, 2.05) is 44.3 Å². The number of hydrogen-bond acceptors (Lipinski definition) is 3. The Morgan fingerprint density at radius 3 is 2.83 bits per heavy atom. The molecular formula is C18H27N3O3. The van der Waals surface area contributed by atoms with Crippen LogP contribution in [0.1, 0.15) is 20.3 Å². The second-order valence-electron chi connectivity index (χ2n) is 6.26. The highest BCUT2D eigenvalue weighted by Gasteiger charge is 2.10. The second-order valence-corrected chi connectivity index (χ2v) is 6.26. The van der Waals surface area contributed by atoms with Gasteiger partial charge in [-0.25, -0.2) is 4.79 Å². The Morgan fingerprint density at radius 2 is 2.12 bits per heavy atom. The molecule has 2 aromatic rings. The average Bonchev–Trinajstić information content (AvgIpc) is 2.95. The smallest absolute Gasteiger partial charge is 0.319 e. The van der Waals surface area contributed by atoms with E-state index >= 15 is 0 Å². The van der Waals surface area contributed by atoms with E-state index in [4.69, 9.17) is 4.74 Å². The average molecular weight is 333 g/mol. The quantitative estimate of drug-likeness (QED) is 0.695. The molecule has 2 amide bonds. The van der Waals surface area contributed by atoms with Crippen molar-refractivity contribution in [3.8, 4) is 0 Å². The molecule has 6 nitrogen and oxygen atoms in total. The van der Waals surface area contributed by atoms with E-state index in [1.54, 1.807) is 7.11 Å². The van der Waals surface area contributed by atoms with Crippen LogP contribution >= 0.6 is 0 Å². The van der Waals surface area contributed by atoms with Crippen molar-refractivity contribution in [2.45, 2.75) is 32.9 Å². The molecule has 6 heteroatoms. The zero-order valence-electron chi connectivity index (χ0n) is 14.6. The molecule has 132 valence electrons. The summed E-state index contributed by atoms with van der Waals surface area (Å²) < 4.78 is 7.22. The molecule has 0 radical (unpaired) electrons. The molecule has 1 atom stereocenters. The molecule has 0 aliphatic heterocycles. The lowest BCUT2D eigenvalue weighted by atomic mass is 10.0. The fraction of sp³-hybridized carbons (Fsp3) is 0.500. The molecule has 0 fully saturated rings. The van der Waals surface area contributed by atoms with Gasteiger partial charge in [0, 0.05) is 32.1 Å². The van der Waals surface area contributed by atoms with Crippen molar-refractivity contribution in [3.05, 3.63) is 30.5 Å². The van der Waals surface area contributed by atoms with Gasteiger partial charge in [0.1, 0.15) is 0 Å². The van der Waals surface area contributed by atoms with Gasteiger partial charge >= 0.3 is 6.03 Å². The van der Waals surface area contributed by atoms with E-state index in [9.17, 15) is 9.90 Å². The number of carbonyl (C=O) groups is 1. The first kappa shape index (κ1) is 18.3. The summed E-state index contributed by atoms with van der Waals surface area (Å²) in [5.41, 5.74) is 1.79. The SMILES string of the molecule is COCCn1ccc2ccc(NC(=O)NCCC(O)C(C)C)cc21. The van der Waals surface area contributed by atoms with Gasteiger partial charge in [-0.15, -0.1) is 0 Å². The number of amides is 2. The van der Waals surface area contributed by atoms with Gasteiger partial charge in [-0.2, -0.15) is 0 Å². The van der Waals surface area contributed by atoms with Crippen LogP contribution in [0.25, 0.3) is 10.9 Å². The molecule has 1 aromatic carbocycles. The molecule has 0 spiro atoms. The first-order valence-corrected chi connectivity index (χ1v) is 8.32. The van der Waals surface area contributed by atoms with Gasteiger partial charge in [0.05, 0.1) is 18.2 Å². The Morgan fingerprint density at radius 1 is 1.33 bits per heavy atom. The third-order valence-electron chi connectivity index (χ3n) is 4.06. The lowest BCUT2D eigenvalue weighted by molar-refractivity contribution is 0.117. The third kappa shape index (κ3) is 4.97. The minimum Gasteiger partial charge on any atom is -0.393 e. The minimum absolute atomic E-state index is 0.192. The van der Waals surface area contributed by atoms with Crippen molar-refractivity contribution < 1.29 is 14.6 Å². The fourth-order valence-corrected chi connectivity index (χ4v) is 2.49. The number of aliphatic hydroxyl groups excluding tert-OH is 1. The highest BCUT2D eigenvalue weighted by molar-refractivity contribution is 5.92. The van der Waals surface area contributed by atoms with Crippen molar-refractivity contribution in [2.75, 3.05) is 25.6 Å². The summed E-state index contributed by atoms with van der Waals surface area (Å²) >= 11 is 0. The third-order valence-corrected chi connectivity index (χ3v) is 4.06. The number of aromatic nitrogens is 1. The molecule has 0 bridgehead atoms. The second kappa shape index (κ2) is 8.70. The summed E-state index contributed by atoms with van der Waals surface area (Å²) in [7, 11) is 1.68. The summed E-state index contributed by atoms with van der Waals surface area (Å²) in [6.07, 6.45) is 2.16. The van der Waals surface area contributed by atoms with Gasteiger partial charge in [0.15, 0.2) is 0 Å². The lowest BCUT2D eigenvalue weighted by Gasteiger charge is -2.14. The number of benzene rings is 1. The van der Waals surface area contributed by atoms with E-state index in [0.717, 1.165) is 23.1 Å². The molecular weight excluding hydrogens is 306 g/mol. The van der Waals surface area contributed by atoms with Gasteiger partial charge < -0.3 is 25.0 Å². The maximum atomic E-state index is 12.0. The summed E-state index contributed by atoms with van der Waals surface area (Å²) in [5, 5.41) is 16.5. The van der Waals surface area contributed by atoms with Gasteiger partial charge in [-0.1, -0.05) is 19.9 Å². The molecule has 1 aromatic heterocycles. The number of nitrogens with zero attached hydrogens (tertiary/aromatic N) is 1. The Balaban J connectivity index is 1.93. The number of urea groups is 1. The maximum Gasteiger partial charge on any atom is 0.319 e. The molecule has 2 rings (SSSR count). The minimum atomic E-state index is -0.397. The van der Waals surface area contributed by atoms with E-state index < -0.39 is 6.10 Å². The Bertz CT molecular complexity index is 667. The number of carbonyl (C=O) groups excluding carboxylic acids is 1. The molecule has 1 heterocycles. The number of anilines is 1. The van der Waals surface area contributed by atoms with Crippen LogP contribution < -0.4 is 10.6 Å². The summed E-state index contributed by atoms with van der Waals surface area (Å²) in [5.74, 6) is 0.192. The number of methoxy groups -OCH3 is 1. The Hall–Kier alpha value is -2.05. The Kier molecular flexibility index (Phi) is 6.63. The summed E-state index contributed by atoms with van der Waals surface area (Å²) in [4.78, 5) is 12.0. The van der Waals surface area contributed by atoms with Crippen LogP contribution in [0.15, 0.2) is 30.5 Å². The maximum absolute atomic E-state index is 12.0. The summed E-state index contributed by atoms with van der Waals surface area (Å²) in [6.45, 7) is 5.76. The predicted molar refractivity (Wildman–Crippen MR) is 96.3 cm³/mol. The van der Waals surface area contributed by atoms with Crippen molar-refractivity contribution in [1.29, 1.82) is 0 Å². The van der Waals surface area contributed by atoms with Gasteiger partial charge in [-0.05, 0) is 35.9 Å².